The highest BCUT2D eigenvalue weighted by Gasteiger charge is 2.25. The Bertz CT molecular complexity index is 608. The number of aromatic nitrogens is 2. The van der Waals surface area contributed by atoms with Crippen molar-refractivity contribution in [2.45, 2.75) is 20.4 Å². The molecule has 1 heterocycles. The first-order valence-electron chi connectivity index (χ1n) is 7.25. The lowest BCUT2D eigenvalue weighted by atomic mass is 9.92. The maximum absolute atomic E-state index is 9.34. The van der Waals surface area contributed by atoms with E-state index in [1.54, 1.807) is 0 Å². The largest absolute Gasteiger partial charge is 0.419 e. The summed E-state index contributed by atoms with van der Waals surface area (Å²) in [5.41, 5.74) is 1.49. The molecule has 6 heteroatoms. The molecule has 0 bridgehead atoms. The normalized spacial score (nSPS) is 12.1. The molecule has 1 aromatic heterocycles. The van der Waals surface area contributed by atoms with Crippen LogP contribution in [-0.4, -0.2) is 52.1 Å². The van der Waals surface area contributed by atoms with Crippen LogP contribution in [0, 0.1) is 12.3 Å². The molecule has 0 spiro atoms. The van der Waals surface area contributed by atoms with Gasteiger partial charge in [0.1, 0.15) is 0 Å². The van der Waals surface area contributed by atoms with Gasteiger partial charge in [-0.1, -0.05) is 24.6 Å². The van der Waals surface area contributed by atoms with Gasteiger partial charge in [0.2, 0.25) is 11.8 Å². The van der Waals surface area contributed by atoms with Crippen LogP contribution in [-0.2, 0) is 6.54 Å². The summed E-state index contributed by atoms with van der Waals surface area (Å²) in [7, 11) is 1.89. The smallest absolute Gasteiger partial charge is 0.247 e. The SMILES string of the molecule is Cc1cccc(-c2nnc(CN(C)CC(C)(CO)CO)o2)c1. The van der Waals surface area contributed by atoms with Gasteiger partial charge in [-0.2, -0.15) is 0 Å². The monoisotopic (exact) mass is 305 g/mol. The molecule has 2 rings (SSSR count). The molecule has 6 nitrogen and oxygen atoms in total. The van der Waals surface area contributed by atoms with Crippen molar-refractivity contribution in [1.82, 2.24) is 15.1 Å². The van der Waals surface area contributed by atoms with Crippen LogP contribution in [0.1, 0.15) is 18.4 Å². The Labute approximate surface area is 130 Å². The van der Waals surface area contributed by atoms with Crippen molar-refractivity contribution in [3.8, 4) is 11.5 Å². The zero-order valence-corrected chi connectivity index (χ0v) is 13.3. The Kier molecular flexibility index (Phi) is 5.28. The van der Waals surface area contributed by atoms with Gasteiger partial charge in [0, 0.05) is 17.5 Å². The number of aliphatic hydroxyl groups excluding tert-OH is 2. The van der Waals surface area contributed by atoms with E-state index in [0.717, 1.165) is 11.1 Å². The van der Waals surface area contributed by atoms with E-state index in [1.165, 1.54) is 0 Å². The fourth-order valence-electron chi connectivity index (χ4n) is 2.30. The second-order valence-electron chi connectivity index (χ2n) is 6.17. The van der Waals surface area contributed by atoms with E-state index in [0.29, 0.717) is 24.9 Å². The van der Waals surface area contributed by atoms with Gasteiger partial charge < -0.3 is 14.6 Å². The highest BCUT2D eigenvalue weighted by atomic mass is 16.4. The summed E-state index contributed by atoms with van der Waals surface area (Å²) in [5.74, 6) is 1.01. The van der Waals surface area contributed by atoms with E-state index in [1.807, 2.05) is 50.1 Å². The van der Waals surface area contributed by atoms with Gasteiger partial charge in [-0.15, -0.1) is 10.2 Å². The Hall–Kier alpha value is -1.76. The minimum atomic E-state index is -0.547. The molecule has 0 atom stereocenters. The van der Waals surface area contributed by atoms with Crippen molar-refractivity contribution in [1.29, 1.82) is 0 Å². The van der Waals surface area contributed by atoms with Crippen LogP contribution >= 0.6 is 0 Å². The van der Waals surface area contributed by atoms with Crippen LogP contribution in [0.25, 0.3) is 11.5 Å². The summed E-state index contributed by atoms with van der Waals surface area (Å²) < 4.78 is 5.69. The van der Waals surface area contributed by atoms with Crippen LogP contribution in [0.15, 0.2) is 28.7 Å². The van der Waals surface area contributed by atoms with E-state index in [4.69, 9.17) is 4.42 Å². The fourth-order valence-corrected chi connectivity index (χ4v) is 2.30. The molecule has 1 aromatic carbocycles. The number of aliphatic hydroxyl groups is 2. The third-order valence-electron chi connectivity index (χ3n) is 3.55. The van der Waals surface area contributed by atoms with Crippen molar-refractivity contribution in [2.75, 3.05) is 26.8 Å². The van der Waals surface area contributed by atoms with Gasteiger partial charge in [-0.3, -0.25) is 4.90 Å². The first-order valence-corrected chi connectivity index (χ1v) is 7.25. The van der Waals surface area contributed by atoms with Crippen molar-refractivity contribution in [3.63, 3.8) is 0 Å². The Balaban J connectivity index is 2.03. The number of nitrogens with zero attached hydrogens (tertiary/aromatic N) is 3. The zero-order chi connectivity index (χ0) is 16.2. The second kappa shape index (κ2) is 7.00. The van der Waals surface area contributed by atoms with Crippen LogP contribution in [0.3, 0.4) is 0 Å². The molecule has 0 saturated carbocycles. The van der Waals surface area contributed by atoms with Crippen LogP contribution in [0.2, 0.25) is 0 Å². The summed E-state index contributed by atoms with van der Waals surface area (Å²) in [6.45, 7) is 4.68. The average Bonchev–Trinajstić information content (AvgIpc) is 2.95. The summed E-state index contributed by atoms with van der Waals surface area (Å²) in [4.78, 5) is 1.94. The van der Waals surface area contributed by atoms with E-state index in [-0.39, 0.29) is 13.2 Å². The van der Waals surface area contributed by atoms with Gasteiger partial charge in [0.05, 0.1) is 19.8 Å². The molecule has 0 aliphatic carbocycles. The first kappa shape index (κ1) is 16.6. The van der Waals surface area contributed by atoms with Gasteiger partial charge in [0.25, 0.3) is 0 Å². The molecule has 0 unspecified atom stereocenters. The topological polar surface area (TPSA) is 82.6 Å². The summed E-state index contributed by atoms with van der Waals surface area (Å²) >= 11 is 0. The number of benzene rings is 1. The fraction of sp³-hybridized carbons (Fsp3) is 0.500. The molecule has 0 fully saturated rings. The van der Waals surface area contributed by atoms with Crippen molar-refractivity contribution in [3.05, 3.63) is 35.7 Å². The highest BCUT2D eigenvalue weighted by Crippen LogP contribution is 2.20. The predicted octanol–water partition coefficient (Wildman–Crippen LogP) is 1.47. The van der Waals surface area contributed by atoms with Crippen LogP contribution in [0.5, 0.6) is 0 Å². The van der Waals surface area contributed by atoms with Gasteiger partial charge in [-0.05, 0) is 26.1 Å². The molecule has 0 amide bonds. The Morgan fingerprint density at radius 2 is 1.95 bits per heavy atom. The lowest BCUT2D eigenvalue weighted by Crippen LogP contribution is -2.38. The molecule has 0 saturated heterocycles. The number of hydrogen-bond donors (Lipinski definition) is 2. The van der Waals surface area contributed by atoms with Gasteiger partial charge >= 0.3 is 0 Å². The molecule has 22 heavy (non-hydrogen) atoms. The summed E-state index contributed by atoms with van der Waals surface area (Å²) in [6.07, 6.45) is 0. The predicted molar refractivity (Wildman–Crippen MR) is 83.1 cm³/mol. The standard InChI is InChI=1S/C16H23N3O3/c1-12-5-4-6-13(7-12)15-18-17-14(22-15)8-19(3)9-16(2,10-20)11-21/h4-7,20-21H,8-11H2,1-3H3. The Morgan fingerprint density at radius 3 is 2.59 bits per heavy atom. The maximum atomic E-state index is 9.34. The van der Waals surface area contributed by atoms with E-state index >= 15 is 0 Å². The van der Waals surface area contributed by atoms with Gasteiger partial charge in [-0.25, -0.2) is 0 Å². The van der Waals surface area contributed by atoms with E-state index < -0.39 is 5.41 Å². The lowest BCUT2D eigenvalue weighted by molar-refractivity contribution is 0.0383. The molecular formula is C16H23N3O3. The third kappa shape index (κ3) is 4.13. The molecule has 0 aliphatic rings. The Morgan fingerprint density at radius 1 is 1.23 bits per heavy atom. The van der Waals surface area contributed by atoms with E-state index in [9.17, 15) is 10.2 Å². The lowest BCUT2D eigenvalue weighted by Gasteiger charge is -2.29. The zero-order valence-electron chi connectivity index (χ0n) is 13.3. The molecule has 2 N–H and O–H groups in total. The molecule has 2 aromatic rings. The quantitative estimate of drug-likeness (QED) is 0.806. The minimum absolute atomic E-state index is 0.0772. The van der Waals surface area contributed by atoms with Crippen molar-refractivity contribution >= 4 is 0 Å². The second-order valence-corrected chi connectivity index (χ2v) is 6.17. The first-order chi connectivity index (χ1) is 10.5. The number of hydrogen-bond acceptors (Lipinski definition) is 6. The molecule has 0 aliphatic heterocycles. The van der Waals surface area contributed by atoms with Crippen molar-refractivity contribution < 1.29 is 14.6 Å². The molecular weight excluding hydrogens is 282 g/mol. The van der Waals surface area contributed by atoms with Crippen LogP contribution < -0.4 is 0 Å². The minimum Gasteiger partial charge on any atom is -0.419 e. The highest BCUT2D eigenvalue weighted by molar-refractivity contribution is 5.53. The van der Waals surface area contributed by atoms with Crippen molar-refractivity contribution in [2.24, 2.45) is 5.41 Å². The molecule has 0 radical (unpaired) electrons. The third-order valence-corrected chi connectivity index (χ3v) is 3.55. The summed E-state index contributed by atoms with van der Waals surface area (Å²) in [5, 5.41) is 26.8. The number of aryl methyl sites for hydroxylation is 1. The average molecular weight is 305 g/mol. The maximum Gasteiger partial charge on any atom is 0.247 e. The van der Waals surface area contributed by atoms with Crippen LogP contribution in [0.4, 0.5) is 0 Å². The van der Waals surface area contributed by atoms with E-state index in [2.05, 4.69) is 10.2 Å². The van der Waals surface area contributed by atoms with Gasteiger partial charge in [0.15, 0.2) is 0 Å². The summed E-state index contributed by atoms with van der Waals surface area (Å²) in [6, 6.07) is 7.89. The molecule has 120 valence electrons. The number of rotatable bonds is 7.